The maximum atomic E-state index is 13.2. The van der Waals surface area contributed by atoms with Crippen LogP contribution in [0.2, 0.25) is 5.02 Å². The van der Waals surface area contributed by atoms with Gasteiger partial charge in [0.2, 0.25) is 5.91 Å². The second-order valence-electron chi connectivity index (χ2n) is 7.18. The summed E-state index contributed by atoms with van der Waals surface area (Å²) < 4.78 is 5.32. The van der Waals surface area contributed by atoms with Crippen LogP contribution in [0.3, 0.4) is 0 Å². The van der Waals surface area contributed by atoms with E-state index >= 15 is 0 Å². The van der Waals surface area contributed by atoms with Crippen molar-refractivity contribution in [1.82, 2.24) is 9.80 Å². The Labute approximate surface area is 176 Å². The summed E-state index contributed by atoms with van der Waals surface area (Å²) in [5, 5.41) is 0.712. The van der Waals surface area contributed by atoms with Gasteiger partial charge in [-0.1, -0.05) is 41.9 Å². The predicted octanol–water partition coefficient (Wildman–Crippen LogP) is 4.83. The molecule has 0 N–H and O–H groups in total. The topological polar surface area (TPSA) is 32.8 Å². The number of methoxy groups -OCH3 is 1. The van der Waals surface area contributed by atoms with Crippen molar-refractivity contribution in [1.29, 1.82) is 0 Å². The van der Waals surface area contributed by atoms with Crippen LogP contribution in [0.15, 0.2) is 48.5 Å². The monoisotopic (exact) mass is 418 g/mol. The Morgan fingerprint density at radius 3 is 2.79 bits per heavy atom. The number of benzene rings is 2. The Bertz CT molecular complexity index is 815. The third kappa shape index (κ3) is 5.02. The first kappa shape index (κ1) is 21.0. The zero-order valence-electron chi connectivity index (χ0n) is 16.6. The minimum atomic E-state index is -0.00738. The van der Waals surface area contributed by atoms with Gasteiger partial charge >= 0.3 is 0 Å². The summed E-state index contributed by atoms with van der Waals surface area (Å²) in [4.78, 5) is 17.3. The lowest BCUT2D eigenvalue weighted by atomic mass is 10.1. The number of hydrogen-bond donors (Lipinski definition) is 0. The molecule has 6 heteroatoms. The molecule has 0 bridgehead atoms. The zero-order chi connectivity index (χ0) is 20.1. The molecule has 1 aliphatic rings. The first-order valence-electron chi connectivity index (χ1n) is 9.52. The average molecular weight is 419 g/mol. The van der Waals surface area contributed by atoms with Crippen LogP contribution in [-0.4, -0.2) is 47.7 Å². The van der Waals surface area contributed by atoms with E-state index in [1.807, 2.05) is 47.4 Å². The Morgan fingerprint density at radius 1 is 1.29 bits per heavy atom. The number of thioether (sulfide) groups is 1. The summed E-state index contributed by atoms with van der Waals surface area (Å²) in [7, 11) is 1.67. The van der Waals surface area contributed by atoms with E-state index in [0.29, 0.717) is 13.1 Å². The number of ether oxygens (including phenoxy) is 1. The molecular weight excluding hydrogens is 392 g/mol. The van der Waals surface area contributed by atoms with Crippen LogP contribution in [0, 0.1) is 0 Å². The number of nitrogens with zero attached hydrogens (tertiary/aromatic N) is 2. The van der Waals surface area contributed by atoms with Gasteiger partial charge in [-0.15, -0.1) is 11.8 Å². The molecule has 4 nitrogen and oxygen atoms in total. The highest BCUT2D eigenvalue weighted by atomic mass is 35.5. The Kier molecular flexibility index (Phi) is 7.27. The molecule has 0 unspecified atom stereocenters. The standard InChI is InChI=1S/C22H27ClN2O2S/c1-16(2)24(14-17-7-6-8-18(13-17)27-3)15-21(26)25-11-12-28-22(25)19-9-4-5-10-20(19)23/h4-10,13,16,22H,11-12,14-15H2,1-3H3/t22-/m1/s1. The van der Waals surface area contributed by atoms with Crippen molar-refractivity contribution in [2.75, 3.05) is 26.0 Å². The summed E-state index contributed by atoms with van der Waals surface area (Å²) in [5.74, 6) is 1.91. The van der Waals surface area contributed by atoms with E-state index in [1.54, 1.807) is 18.9 Å². The summed E-state index contributed by atoms with van der Waals surface area (Å²) >= 11 is 8.17. The van der Waals surface area contributed by atoms with Gasteiger partial charge < -0.3 is 9.64 Å². The third-order valence-electron chi connectivity index (χ3n) is 4.97. The van der Waals surface area contributed by atoms with Crippen LogP contribution in [0.25, 0.3) is 0 Å². The molecule has 1 fully saturated rings. The lowest BCUT2D eigenvalue weighted by Crippen LogP contribution is -2.42. The van der Waals surface area contributed by atoms with Crippen LogP contribution < -0.4 is 4.74 Å². The molecule has 1 aliphatic heterocycles. The predicted molar refractivity (Wildman–Crippen MR) is 117 cm³/mol. The van der Waals surface area contributed by atoms with E-state index in [2.05, 4.69) is 24.8 Å². The highest BCUT2D eigenvalue weighted by Crippen LogP contribution is 2.40. The lowest BCUT2D eigenvalue weighted by Gasteiger charge is -2.31. The second kappa shape index (κ2) is 9.68. The van der Waals surface area contributed by atoms with Gasteiger partial charge in [0.15, 0.2) is 0 Å². The highest BCUT2D eigenvalue weighted by molar-refractivity contribution is 7.99. The van der Waals surface area contributed by atoms with Crippen LogP contribution in [0.5, 0.6) is 5.75 Å². The van der Waals surface area contributed by atoms with Gasteiger partial charge in [-0.05, 0) is 37.6 Å². The van der Waals surface area contributed by atoms with E-state index in [9.17, 15) is 4.79 Å². The third-order valence-corrected chi connectivity index (χ3v) is 6.56. The Hall–Kier alpha value is -1.69. The smallest absolute Gasteiger partial charge is 0.237 e. The molecule has 0 aliphatic carbocycles. The van der Waals surface area contributed by atoms with Gasteiger partial charge in [-0.3, -0.25) is 9.69 Å². The minimum Gasteiger partial charge on any atom is -0.497 e. The molecule has 3 rings (SSSR count). The van der Waals surface area contributed by atoms with Crippen LogP contribution in [0.1, 0.15) is 30.3 Å². The number of hydrogen-bond acceptors (Lipinski definition) is 4. The first-order chi connectivity index (χ1) is 13.5. The van der Waals surface area contributed by atoms with Crippen molar-refractivity contribution >= 4 is 29.3 Å². The van der Waals surface area contributed by atoms with E-state index in [0.717, 1.165) is 34.2 Å². The minimum absolute atomic E-state index is 0.00738. The fourth-order valence-electron chi connectivity index (χ4n) is 3.35. The molecule has 0 radical (unpaired) electrons. The van der Waals surface area contributed by atoms with Crippen molar-refractivity contribution in [3.8, 4) is 5.75 Å². The van der Waals surface area contributed by atoms with E-state index in [1.165, 1.54) is 0 Å². The van der Waals surface area contributed by atoms with Gasteiger partial charge in [-0.2, -0.15) is 0 Å². The summed E-state index contributed by atoms with van der Waals surface area (Å²) in [6, 6.07) is 16.1. The Balaban J connectivity index is 1.72. The molecule has 0 saturated carbocycles. The zero-order valence-corrected chi connectivity index (χ0v) is 18.2. The molecule has 1 atom stereocenters. The Morgan fingerprint density at radius 2 is 2.07 bits per heavy atom. The van der Waals surface area contributed by atoms with Gasteiger partial charge in [0.1, 0.15) is 11.1 Å². The van der Waals surface area contributed by atoms with Gasteiger partial charge in [0, 0.05) is 35.5 Å². The van der Waals surface area contributed by atoms with Crippen LogP contribution in [-0.2, 0) is 11.3 Å². The van der Waals surface area contributed by atoms with Gasteiger partial charge in [0.05, 0.1) is 13.7 Å². The van der Waals surface area contributed by atoms with Crippen molar-refractivity contribution in [2.45, 2.75) is 31.8 Å². The van der Waals surface area contributed by atoms with Gasteiger partial charge in [0.25, 0.3) is 0 Å². The van der Waals surface area contributed by atoms with Gasteiger partial charge in [-0.25, -0.2) is 0 Å². The second-order valence-corrected chi connectivity index (χ2v) is 8.78. The molecule has 1 amide bonds. The number of halogens is 1. The summed E-state index contributed by atoms with van der Waals surface area (Å²) in [6.45, 7) is 6.09. The van der Waals surface area contributed by atoms with Crippen molar-refractivity contribution in [3.63, 3.8) is 0 Å². The SMILES string of the molecule is COc1cccc(CN(CC(=O)N2CCS[C@@H]2c2ccccc2Cl)C(C)C)c1. The molecule has 28 heavy (non-hydrogen) atoms. The number of carbonyl (C=O) groups is 1. The largest absolute Gasteiger partial charge is 0.497 e. The van der Waals surface area contributed by atoms with Crippen LogP contribution in [0.4, 0.5) is 0 Å². The molecule has 1 heterocycles. The van der Waals surface area contributed by atoms with Crippen LogP contribution >= 0.6 is 23.4 Å². The van der Waals surface area contributed by atoms with E-state index in [4.69, 9.17) is 16.3 Å². The fourth-order valence-corrected chi connectivity index (χ4v) is 4.97. The lowest BCUT2D eigenvalue weighted by molar-refractivity contribution is -0.133. The normalized spacial score (nSPS) is 16.8. The number of rotatable bonds is 7. The molecular formula is C22H27ClN2O2S. The highest BCUT2D eigenvalue weighted by Gasteiger charge is 2.32. The quantitative estimate of drug-likeness (QED) is 0.644. The summed E-state index contributed by atoms with van der Waals surface area (Å²) in [6.07, 6.45) is 0. The van der Waals surface area contributed by atoms with E-state index < -0.39 is 0 Å². The molecule has 2 aromatic carbocycles. The molecule has 150 valence electrons. The molecule has 0 aromatic heterocycles. The molecule has 2 aromatic rings. The molecule has 1 saturated heterocycles. The van der Waals surface area contributed by atoms with Crippen molar-refractivity contribution in [3.05, 3.63) is 64.7 Å². The van der Waals surface area contributed by atoms with Crippen molar-refractivity contribution in [2.24, 2.45) is 0 Å². The average Bonchev–Trinajstić information content (AvgIpc) is 3.17. The summed E-state index contributed by atoms with van der Waals surface area (Å²) in [5.41, 5.74) is 2.16. The molecule has 0 spiro atoms. The first-order valence-corrected chi connectivity index (χ1v) is 10.9. The maximum Gasteiger partial charge on any atom is 0.237 e. The van der Waals surface area contributed by atoms with E-state index in [-0.39, 0.29) is 17.3 Å². The van der Waals surface area contributed by atoms with Crippen molar-refractivity contribution < 1.29 is 9.53 Å². The number of carbonyl (C=O) groups excluding carboxylic acids is 1. The maximum absolute atomic E-state index is 13.2. The number of amides is 1. The fraction of sp³-hybridized carbons (Fsp3) is 0.409.